The molecule has 4 aliphatic heterocycles. The number of methoxy groups -OCH3 is 2. The van der Waals surface area contributed by atoms with Crippen molar-refractivity contribution < 1.29 is 33.3 Å². The molecular weight excluding hydrogens is 799 g/mol. The number of hydrogen-bond acceptors (Lipinski definition) is 11. The average Bonchev–Trinajstić information content (AvgIpc) is 3.72. The van der Waals surface area contributed by atoms with E-state index >= 15 is 0 Å². The summed E-state index contributed by atoms with van der Waals surface area (Å²) in [5.41, 5.74) is 6.47. The molecule has 4 aliphatic rings. The lowest BCUT2D eigenvalue weighted by Crippen LogP contribution is -2.37. The molecule has 312 valence electrons. The molecule has 0 fully saturated rings. The van der Waals surface area contributed by atoms with Crippen LogP contribution in [0.15, 0.2) is 76.7 Å². The van der Waals surface area contributed by atoms with E-state index in [9.17, 15) is 14.4 Å². The number of anilines is 3. The van der Waals surface area contributed by atoms with E-state index < -0.39 is 0 Å². The van der Waals surface area contributed by atoms with E-state index in [1.54, 1.807) is 65.0 Å². The number of aliphatic imine (C=N–C) groups is 2. The van der Waals surface area contributed by atoms with Crippen molar-refractivity contribution in [3.8, 4) is 23.0 Å². The highest BCUT2D eigenvalue weighted by molar-refractivity contribution is 8.76. The molecule has 0 saturated heterocycles. The average molecular weight is 848 g/mol. The van der Waals surface area contributed by atoms with Gasteiger partial charge in [0.2, 0.25) is 5.91 Å². The number of amides is 3. The predicted octanol–water partition coefficient (Wildman–Crippen LogP) is 9.42. The van der Waals surface area contributed by atoms with Crippen molar-refractivity contribution >= 4 is 80.2 Å². The summed E-state index contributed by atoms with van der Waals surface area (Å²) in [7, 11) is 6.60. The van der Waals surface area contributed by atoms with Gasteiger partial charge in [0.1, 0.15) is 0 Å². The quantitative estimate of drug-likeness (QED) is 0.0866. The second kappa shape index (κ2) is 17.6. The van der Waals surface area contributed by atoms with Gasteiger partial charge in [0.25, 0.3) is 11.8 Å². The molecule has 0 bridgehead atoms. The molecule has 2 unspecified atom stereocenters. The molecule has 3 amide bonds. The van der Waals surface area contributed by atoms with Crippen molar-refractivity contribution in [2.24, 2.45) is 9.98 Å². The largest absolute Gasteiger partial charge is 0.493 e. The highest BCUT2D eigenvalue weighted by Gasteiger charge is 2.38. The first kappa shape index (κ1) is 41.3. The molecule has 1 N–H and O–H groups in total. The zero-order valence-electron chi connectivity index (χ0n) is 34.5. The SMILES string of the molecule is COc1cc2c(cc1OCCCCCOc1cc3c(cc1OC)C(=O)N1c4cc(NC(=O)CCC(C)(C)SSC)ccc4CC1C=N3)N=CC1Cc3ccccc3N1C2=O. The van der Waals surface area contributed by atoms with Crippen LogP contribution in [-0.4, -0.2) is 80.7 Å². The first-order valence-corrected chi connectivity index (χ1v) is 22.8. The van der Waals surface area contributed by atoms with E-state index in [4.69, 9.17) is 28.9 Å². The highest BCUT2D eigenvalue weighted by Crippen LogP contribution is 2.44. The summed E-state index contributed by atoms with van der Waals surface area (Å²) in [4.78, 5) is 53.8. The molecule has 0 aromatic heterocycles. The summed E-state index contributed by atoms with van der Waals surface area (Å²) < 4.78 is 23.7. The van der Waals surface area contributed by atoms with Gasteiger partial charge in [-0.15, -0.1) is 0 Å². The number of para-hydroxylation sites is 1. The van der Waals surface area contributed by atoms with Gasteiger partial charge in [-0.3, -0.25) is 34.2 Å². The Morgan fingerprint density at radius 1 is 0.750 bits per heavy atom. The number of carbonyl (C=O) groups is 3. The molecule has 2 atom stereocenters. The molecule has 60 heavy (non-hydrogen) atoms. The van der Waals surface area contributed by atoms with Crippen LogP contribution >= 0.6 is 21.6 Å². The maximum absolute atomic E-state index is 14.2. The number of hydrogen-bond donors (Lipinski definition) is 1. The Hall–Kier alpha value is -5.47. The van der Waals surface area contributed by atoms with Crippen molar-refractivity contribution in [2.75, 3.05) is 48.8 Å². The molecule has 8 rings (SSSR count). The maximum atomic E-state index is 14.2. The van der Waals surface area contributed by atoms with E-state index in [1.807, 2.05) is 60.0 Å². The van der Waals surface area contributed by atoms with Crippen LogP contribution in [0.1, 0.15) is 77.8 Å². The zero-order chi connectivity index (χ0) is 42.0. The number of nitrogens with zero attached hydrogens (tertiary/aromatic N) is 4. The fourth-order valence-corrected chi connectivity index (χ4v) is 10.4. The number of fused-ring (bicyclic) bond motifs is 8. The first-order valence-electron chi connectivity index (χ1n) is 20.2. The molecule has 0 saturated carbocycles. The highest BCUT2D eigenvalue weighted by atomic mass is 33.1. The number of benzene rings is 4. The van der Waals surface area contributed by atoms with Crippen molar-refractivity contribution in [1.82, 2.24) is 0 Å². The fraction of sp³-hybridized carbons (Fsp3) is 0.370. The van der Waals surface area contributed by atoms with Crippen LogP contribution in [0.2, 0.25) is 0 Å². The standard InChI is InChI=1S/C46H49N5O7S2/c1-46(2,60-59-5)16-15-43(52)49-30-14-13-29-20-32-27-48-36-25-42(40(56-4)23-34(36)45(54)51(32)38(29)21-30)58-18-10-6-9-17-57-41-24-35-33(22-39(41)55-3)44(53)50-31(26-47-35)19-28-11-7-8-12-37(28)50/h7-8,11-14,21-27,31-32H,6,9-10,15-20H2,1-5H3,(H,49,52). The van der Waals surface area contributed by atoms with Gasteiger partial charge < -0.3 is 24.3 Å². The lowest BCUT2D eigenvalue weighted by atomic mass is 10.1. The van der Waals surface area contributed by atoms with Crippen molar-refractivity contribution in [1.29, 1.82) is 0 Å². The van der Waals surface area contributed by atoms with Crippen LogP contribution in [0.25, 0.3) is 0 Å². The Morgan fingerprint density at radius 3 is 1.90 bits per heavy atom. The monoisotopic (exact) mass is 847 g/mol. The third-order valence-electron chi connectivity index (χ3n) is 11.2. The Labute approximate surface area is 358 Å². The number of carbonyl (C=O) groups excluding carboxylic acids is 3. The number of nitrogens with one attached hydrogen (secondary N) is 1. The van der Waals surface area contributed by atoms with Crippen LogP contribution in [-0.2, 0) is 17.6 Å². The Bertz CT molecular complexity index is 2380. The molecule has 12 nitrogen and oxygen atoms in total. The summed E-state index contributed by atoms with van der Waals surface area (Å²) in [5.74, 6) is 1.63. The molecule has 0 aliphatic carbocycles. The van der Waals surface area contributed by atoms with Gasteiger partial charge in [-0.2, -0.15) is 0 Å². The minimum atomic E-state index is -0.260. The lowest BCUT2D eigenvalue weighted by Gasteiger charge is -2.23. The summed E-state index contributed by atoms with van der Waals surface area (Å²) >= 11 is 0. The van der Waals surface area contributed by atoms with Gasteiger partial charge in [-0.05, 0) is 87.2 Å². The topological polar surface area (TPSA) is 131 Å². The molecule has 0 radical (unpaired) electrons. The number of ether oxygens (including phenoxy) is 4. The molecule has 0 spiro atoms. The minimum absolute atomic E-state index is 0.0106. The van der Waals surface area contributed by atoms with Crippen molar-refractivity contribution in [3.63, 3.8) is 0 Å². The third kappa shape index (κ3) is 8.44. The summed E-state index contributed by atoms with van der Waals surface area (Å²) in [5, 5.41) is 3.03. The van der Waals surface area contributed by atoms with Crippen LogP contribution < -0.4 is 34.1 Å². The molecule has 14 heteroatoms. The maximum Gasteiger partial charge on any atom is 0.261 e. The van der Waals surface area contributed by atoms with Crippen LogP contribution in [0.3, 0.4) is 0 Å². The lowest BCUT2D eigenvalue weighted by molar-refractivity contribution is -0.116. The fourth-order valence-electron chi connectivity index (χ4n) is 8.15. The van der Waals surface area contributed by atoms with Gasteiger partial charge >= 0.3 is 0 Å². The number of rotatable bonds is 16. The van der Waals surface area contributed by atoms with E-state index in [0.29, 0.717) is 77.2 Å². The molecular formula is C46H49N5O7S2. The minimum Gasteiger partial charge on any atom is -0.493 e. The Kier molecular flexibility index (Phi) is 12.1. The summed E-state index contributed by atoms with van der Waals surface area (Å²) in [6, 6.07) is 20.3. The van der Waals surface area contributed by atoms with Crippen molar-refractivity contribution in [2.45, 2.75) is 75.6 Å². The Balaban J connectivity index is 0.854. The van der Waals surface area contributed by atoms with Crippen LogP contribution in [0, 0.1) is 0 Å². The van der Waals surface area contributed by atoms with Gasteiger partial charge in [-0.25, -0.2) is 0 Å². The second-order valence-corrected chi connectivity index (χ2v) is 18.9. The predicted molar refractivity (Wildman–Crippen MR) is 242 cm³/mol. The number of unbranched alkanes of at least 4 members (excludes halogenated alkanes) is 2. The Morgan fingerprint density at radius 2 is 1.32 bits per heavy atom. The van der Waals surface area contributed by atoms with Gasteiger partial charge in [0.15, 0.2) is 23.0 Å². The third-order valence-corrected chi connectivity index (χ3v) is 13.9. The van der Waals surface area contributed by atoms with Crippen molar-refractivity contribution in [3.05, 3.63) is 89.0 Å². The van der Waals surface area contributed by atoms with E-state index in [-0.39, 0.29) is 34.6 Å². The van der Waals surface area contributed by atoms with Gasteiger partial charge in [0, 0.05) is 59.9 Å². The summed E-state index contributed by atoms with van der Waals surface area (Å²) in [6.07, 6.45) is 10.6. The second-order valence-electron chi connectivity index (χ2n) is 15.8. The molecule has 4 aromatic carbocycles. The van der Waals surface area contributed by atoms with Crippen LogP contribution in [0.4, 0.5) is 28.4 Å². The van der Waals surface area contributed by atoms with Gasteiger partial charge in [0.05, 0.1) is 67.7 Å². The van der Waals surface area contributed by atoms with Gasteiger partial charge in [-0.1, -0.05) is 45.9 Å². The van der Waals surface area contributed by atoms with E-state index in [2.05, 4.69) is 25.2 Å². The normalized spacial score (nSPS) is 17.1. The van der Waals surface area contributed by atoms with Crippen LogP contribution in [0.5, 0.6) is 23.0 Å². The molecule has 4 heterocycles. The molecule has 4 aromatic rings. The zero-order valence-corrected chi connectivity index (χ0v) is 36.1. The summed E-state index contributed by atoms with van der Waals surface area (Å²) in [6.45, 7) is 5.16. The first-order chi connectivity index (χ1) is 29.1. The van der Waals surface area contributed by atoms with E-state index in [1.165, 1.54) is 0 Å². The van der Waals surface area contributed by atoms with E-state index in [0.717, 1.165) is 54.6 Å². The smallest absolute Gasteiger partial charge is 0.261 e.